The summed E-state index contributed by atoms with van der Waals surface area (Å²) in [6.07, 6.45) is -3.10. The summed E-state index contributed by atoms with van der Waals surface area (Å²) in [6, 6.07) is 3.56. The zero-order chi connectivity index (χ0) is 13.9. The Labute approximate surface area is 110 Å². The van der Waals surface area contributed by atoms with Crippen molar-refractivity contribution in [3.8, 4) is 0 Å². The molecule has 0 bridgehead atoms. The molecule has 2 aromatic rings. The van der Waals surface area contributed by atoms with Gasteiger partial charge in [0.25, 0.3) is 5.91 Å². The normalized spacial score (nSPS) is 11.3. The molecule has 100 valence electrons. The van der Waals surface area contributed by atoms with Crippen LogP contribution >= 0.6 is 11.3 Å². The quantitative estimate of drug-likeness (QED) is 0.943. The molecule has 0 aliphatic carbocycles. The van der Waals surface area contributed by atoms with Gasteiger partial charge in [0.05, 0.1) is 23.9 Å². The number of halogens is 3. The molecule has 1 N–H and O–H groups in total. The van der Waals surface area contributed by atoms with Crippen LogP contribution in [0.3, 0.4) is 0 Å². The van der Waals surface area contributed by atoms with Crippen LogP contribution in [-0.2, 0) is 12.7 Å². The van der Waals surface area contributed by atoms with Crippen LogP contribution < -0.4 is 5.32 Å². The van der Waals surface area contributed by atoms with Crippen LogP contribution in [0.4, 0.5) is 13.2 Å². The Morgan fingerprint density at radius 2 is 2.16 bits per heavy atom. The zero-order valence-corrected chi connectivity index (χ0v) is 10.3. The second-order valence-electron chi connectivity index (χ2n) is 3.56. The second kappa shape index (κ2) is 5.35. The molecule has 0 aromatic carbocycles. The molecule has 2 rings (SSSR count). The number of hydrogen-bond acceptors (Lipinski definition) is 4. The summed E-state index contributed by atoms with van der Waals surface area (Å²) < 4.78 is 37.3. The van der Waals surface area contributed by atoms with Crippen molar-refractivity contribution in [1.29, 1.82) is 0 Å². The standard InChI is InChI=1S/C11H8F3N3OS/c12-11(13,14)9-3-1-2-7(17-9)4-16-10(18)8-5-15-6-19-8/h1-3,5-6H,4H2,(H,16,18). The maximum atomic E-state index is 12.4. The van der Waals surface area contributed by atoms with Crippen molar-refractivity contribution in [3.63, 3.8) is 0 Å². The summed E-state index contributed by atoms with van der Waals surface area (Å²) in [7, 11) is 0. The lowest BCUT2D eigenvalue weighted by molar-refractivity contribution is -0.141. The highest BCUT2D eigenvalue weighted by Gasteiger charge is 2.32. The molecule has 4 nitrogen and oxygen atoms in total. The first-order chi connectivity index (χ1) is 8.97. The molecule has 2 aromatic heterocycles. The van der Waals surface area contributed by atoms with Crippen molar-refractivity contribution in [2.24, 2.45) is 0 Å². The van der Waals surface area contributed by atoms with Gasteiger partial charge in [-0.1, -0.05) is 6.07 Å². The van der Waals surface area contributed by atoms with E-state index in [2.05, 4.69) is 15.3 Å². The SMILES string of the molecule is O=C(NCc1cccc(C(F)(F)F)n1)c1cncs1. The molecule has 19 heavy (non-hydrogen) atoms. The minimum Gasteiger partial charge on any atom is -0.346 e. The lowest BCUT2D eigenvalue weighted by atomic mass is 10.3. The minimum absolute atomic E-state index is 0.0688. The zero-order valence-electron chi connectivity index (χ0n) is 9.44. The van der Waals surface area contributed by atoms with E-state index >= 15 is 0 Å². The molecule has 8 heteroatoms. The topological polar surface area (TPSA) is 54.9 Å². The summed E-state index contributed by atoms with van der Waals surface area (Å²) in [5.74, 6) is -0.387. The Balaban J connectivity index is 2.02. The number of carbonyl (C=O) groups excluding carboxylic acids is 1. The van der Waals surface area contributed by atoms with Crippen LogP contribution in [0.15, 0.2) is 29.9 Å². The van der Waals surface area contributed by atoms with Gasteiger partial charge >= 0.3 is 6.18 Å². The van der Waals surface area contributed by atoms with Crippen LogP contribution in [0.1, 0.15) is 21.1 Å². The van der Waals surface area contributed by atoms with Crippen molar-refractivity contribution in [2.75, 3.05) is 0 Å². The Morgan fingerprint density at radius 1 is 1.37 bits per heavy atom. The van der Waals surface area contributed by atoms with Gasteiger partial charge in [0.1, 0.15) is 10.6 Å². The van der Waals surface area contributed by atoms with E-state index in [1.54, 1.807) is 0 Å². The number of pyridine rings is 1. The Bertz CT molecular complexity index is 569. The number of alkyl halides is 3. The predicted molar refractivity (Wildman–Crippen MR) is 62.5 cm³/mol. The van der Waals surface area contributed by atoms with E-state index in [0.717, 1.165) is 17.4 Å². The summed E-state index contributed by atoms with van der Waals surface area (Å²) in [6.45, 7) is -0.0688. The fourth-order valence-corrected chi connectivity index (χ4v) is 1.86. The van der Waals surface area contributed by atoms with E-state index in [1.807, 2.05) is 0 Å². The number of nitrogens with zero attached hydrogens (tertiary/aromatic N) is 2. The van der Waals surface area contributed by atoms with Gasteiger partial charge in [0.15, 0.2) is 0 Å². The molecule has 2 heterocycles. The maximum absolute atomic E-state index is 12.4. The largest absolute Gasteiger partial charge is 0.433 e. The van der Waals surface area contributed by atoms with Crippen LogP contribution in [0.5, 0.6) is 0 Å². The van der Waals surface area contributed by atoms with Crippen LogP contribution in [-0.4, -0.2) is 15.9 Å². The van der Waals surface area contributed by atoms with E-state index in [4.69, 9.17) is 0 Å². The van der Waals surface area contributed by atoms with E-state index in [0.29, 0.717) is 4.88 Å². The first-order valence-corrected chi connectivity index (χ1v) is 6.04. The van der Waals surface area contributed by atoms with Crippen molar-refractivity contribution >= 4 is 17.2 Å². The average molecular weight is 287 g/mol. The van der Waals surface area contributed by atoms with Gasteiger partial charge in [-0.05, 0) is 12.1 Å². The molecule has 0 spiro atoms. The van der Waals surface area contributed by atoms with Crippen molar-refractivity contribution in [2.45, 2.75) is 12.7 Å². The number of rotatable bonds is 3. The lowest BCUT2D eigenvalue weighted by Gasteiger charge is -2.08. The predicted octanol–water partition coefficient (Wildman–Crippen LogP) is 2.49. The highest BCUT2D eigenvalue weighted by molar-refractivity contribution is 7.11. The first-order valence-electron chi connectivity index (χ1n) is 5.16. The molecular formula is C11H8F3N3OS. The van der Waals surface area contributed by atoms with Crippen molar-refractivity contribution in [3.05, 3.63) is 46.2 Å². The van der Waals surface area contributed by atoms with Gasteiger partial charge in [-0.3, -0.25) is 9.78 Å². The van der Waals surface area contributed by atoms with E-state index < -0.39 is 11.9 Å². The Morgan fingerprint density at radius 3 is 2.79 bits per heavy atom. The number of carbonyl (C=O) groups is 1. The number of aromatic nitrogens is 2. The fraction of sp³-hybridized carbons (Fsp3) is 0.182. The van der Waals surface area contributed by atoms with Crippen LogP contribution in [0, 0.1) is 0 Å². The highest BCUT2D eigenvalue weighted by Crippen LogP contribution is 2.27. The van der Waals surface area contributed by atoms with Gasteiger partial charge < -0.3 is 5.32 Å². The summed E-state index contributed by atoms with van der Waals surface area (Å²) in [5, 5.41) is 2.48. The lowest BCUT2D eigenvalue weighted by Crippen LogP contribution is -2.23. The Hall–Kier alpha value is -1.96. The van der Waals surface area contributed by atoms with E-state index in [9.17, 15) is 18.0 Å². The van der Waals surface area contributed by atoms with Gasteiger partial charge in [0, 0.05) is 0 Å². The van der Waals surface area contributed by atoms with Gasteiger partial charge in [-0.15, -0.1) is 11.3 Å². The summed E-state index contributed by atoms with van der Waals surface area (Å²) in [5.41, 5.74) is 0.669. The maximum Gasteiger partial charge on any atom is 0.433 e. The molecule has 0 aliphatic heterocycles. The summed E-state index contributed by atoms with van der Waals surface area (Å²) >= 11 is 1.15. The smallest absolute Gasteiger partial charge is 0.346 e. The second-order valence-corrected chi connectivity index (χ2v) is 4.45. The number of thiazole rings is 1. The molecule has 0 saturated heterocycles. The third kappa shape index (κ3) is 3.50. The molecule has 0 aliphatic rings. The third-order valence-corrected chi connectivity index (χ3v) is 2.96. The molecule has 0 unspecified atom stereocenters. The molecule has 0 saturated carbocycles. The van der Waals surface area contributed by atoms with Crippen LogP contribution in [0.2, 0.25) is 0 Å². The Kier molecular flexibility index (Phi) is 3.79. The highest BCUT2D eigenvalue weighted by atomic mass is 32.1. The summed E-state index contributed by atoms with van der Waals surface area (Å²) in [4.78, 5) is 19.1. The van der Waals surface area contributed by atoms with Crippen molar-refractivity contribution in [1.82, 2.24) is 15.3 Å². The van der Waals surface area contributed by atoms with Crippen LogP contribution in [0.25, 0.3) is 0 Å². The molecule has 0 radical (unpaired) electrons. The van der Waals surface area contributed by atoms with E-state index in [-0.39, 0.29) is 18.1 Å². The third-order valence-electron chi connectivity index (χ3n) is 2.18. The number of nitrogens with one attached hydrogen (secondary N) is 1. The number of hydrogen-bond donors (Lipinski definition) is 1. The fourth-order valence-electron chi connectivity index (χ4n) is 1.32. The first kappa shape index (κ1) is 13.5. The average Bonchev–Trinajstić information content (AvgIpc) is 2.89. The van der Waals surface area contributed by atoms with Gasteiger partial charge in [0.2, 0.25) is 0 Å². The van der Waals surface area contributed by atoms with E-state index in [1.165, 1.54) is 23.8 Å². The number of amides is 1. The minimum atomic E-state index is -4.49. The molecular weight excluding hydrogens is 279 g/mol. The van der Waals surface area contributed by atoms with Crippen molar-refractivity contribution < 1.29 is 18.0 Å². The van der Waals surface area contributed by atoms with Gasteiger partial charge in [-0.2, -0.15) is 13.2 Å². The monoisotopic (exact) mass is 287 g/mol. The molecule has 1 amide bonds. The molecule has 0 fully saturated rings. The van der Waals surface area contributed by atoms with Gasteiger partial charge in [-0.25, -0.2) is 4.98 Å². The molecule has 0 atom stereocenters.